The summed E-state index contributed by atoms with van der Waals surface area (Å²) in [7, 11) is 1.60. The van der Waals surface area contributed by atoms with Gasteiger partial charge in [0.25, 0.3) is 5.91 Å². The summed E-state index contributed by atoms with van der Waals surface area (Å²) in [6, 6.07) is 20.0. The maximum absolute atomic E-state index is 13.9. The largest absolute Gasteiger partial charge is 0.497 e. The fraction of sp³-hybridized carbons (Fsp3) is 0.212. The van der Waals surface area contributed by atoms with E-state index in [0.717, 1.165) is 22.4 Å². The minimum absolute atomic E-state index is 0.0256. The van der Waals surface area contributed by atoms with Gasteiger partial charge in [0.15, 0.2) is 5.78 Å². The monoisotopic (exact) mass is 567 g/mol. The average Bonchev–Trinajstić information content (AvgIpc) is 3.20. The molecule has 2 heterocycles. The lowest BCUT2D eigenvalue weighted by molar-refractivity contribution is 0.0455. The van der Waals surface area contributed by atoms with Gasteiger partial charge < -0.3 is 25.0 Å². The van der Waals surface area contributed by atoms with Gasteiger partial charge in [-0.1, -0.05) is 54.1 Å². The topological polar surface area (TPSA) is 79.9 Å². The molecule has 0 radical (unpaired) electrons. The highest BCUT2D eigenvalue weighted by molar-refractivity contribution is 6.34. The first-order valence-corrected chi connectivity index (χ1v) is 14.0. The third kappa shape index (κ3) is 5.38. The highest BCUT2D eigenvalue weighted by Gasteiger charge is 2.39. The molecule has 3 aliphatic rings. The summed E-state index contributed by atoms with van der Waals surface area (Å²) in [4.78, 5) is 29.6. The van der Waals surface area contributed by atoms with Gasteiger partial charge in [-0.2, -0.15) is 0 Å². The molecule has 3 aromatic carbocycles. The molecule has 2 aliphatic heterocycles. The average molecular weight is 568 g/mol. The van der Waals surface area contributed by atoms with E-state index in [9.17, 15) is 9.59 Å². The van der Waals surface area contributed by atoms with Crippen molar-refractivity contribution in [1.29, 1.82) is 0 Å². The molecule has 0 saturated carbocycles. The van der Waals surface area contributed by atoms with Crippen LogP contribution in [0.25, 0.3) is 11.1 Å². The molecule has 8 heteroatoms. The molecule has 0 aromatic heterocycles. The third-order valence-corrected chi connectivity index (χ3v) is 8.05. The fourth-order valence-electron chi connectivity index (χ4n) is 5.73. The lowest BCUT2D eigenvalue weighted by atomic mass is 9.79. The van der Waals surface area contributed by atoms with E-state index in [1.165, 1.54) is 0 Å². The van der Waals surface area contributed by atoms with Crippen molar-refractivity contribution in [2.45, 2.75) is 12.5 Å². The molecule has 1 aliphatic carbocycles. The van der Waals surface area contributed by atoms with Gasteiger partial charge in [0.1, 0.15) is 5.75 Å². The van der Waals surface area contributed by atoms with Gasteiger partial charge in [-0.15, -0.1) is 0 Å². The van der Waals surface area contributed by atoms with Crippen molar-refractivity contribution in [3.8, 4) is 16.9 Å². The summed E-state index contributed by atoms with van der Waals surface area (Å²) < 4.78 is 11.1. The third-order valence-electron chi connectivity index (χ3n) is 7.74. The maximum atomic E-state index is 13.9. The molecule has 0 bridgehead atoms. The first kappa shape index (κ1) is 26.9. The minimum atomic E-state index is -0.307. The molecule has 1 amide bonds. The Balaban J connectivity index is 1.25. The lowest BCUT2D eigenvalue weighted by Crippen LogP contribution is -2.48. The van der Waals surface area contributed by atoms with Crippen molar-refractivity contribution in [2.24, 2.45) is 5.92 Å². The van der Waals surface area contributed by atoms with Crippen molar-refractivity contribution in [3.05, 3.63) is 119 Å². The van der Waals surface area contributed by atoms with Crippen molar-refractivity contribution in [2.75, 3.05) is 32.2 Å². The number of amides is 1. The summed E-state index contributed by atoms with van der Waals surface area (Å²) in [6.45, 7) is 1.83. The van der Waals surface area contributed by atoms with Crippen LogP contribution in [0.4, 0.5) is 5.69 Å². The Morgan fingerprint density at radius 2 is 1.88 bits per heavy atom. The second-order valence-corrected chi connectivity index (χ2v) is 10.6. The van der Waals surface area contributed by atoms with Crippen LogP contribution in [-0.4, -0.2) is 49.5 Å². The Morgan fingerprint density at radius 3 is 2.68 bits per heavy atom. The number of morpholine rings is 1. The number of carbonyl (C=O) groups is 2. The van der Waals surface area contributed by atoms with Crippen LogP contribution in [0, 0.1) is 5.92 Å². The molecule has 41 heavy (non-hydrogen) atoms. The summed E-state index contributed by atoms with van der Waals surface area (Å²) in [5, 5.41) is 6.49. The predicted molar refractivity (Wildman–Crippen MR) is 160 cm³/mol. The summed E-state index contributed by atoms with van der Waals surface area (Å²) in [5.41, 5.74) is 5.18. The van der Waals surface area contributed by atoms with Gasteiger partial charge in [-0.3, -0.25) is 9.59 Å². The van der Waals surface area contributed by atoms with Crippen LogP contribution in [-0.2, 0) is 4.74 Å². The first-order valence-electron chi connectivity index (χ1n) is 13.6. The number of allylic oxidation sites excluding steroid dienone is 1. The smallest absolute Gasteiger partial charge is 0.256 e. The maximum Gasteiger partial charge on any atom is 0.256 e. The Kier molecular flexibility index (Phi) is 7.63. The number of methoxy groups -OCH3 is 1. The van der Waals surface area contributed by atoms with Crippen LogP contribution >= 0.6 is 11.6 Å². The second kappa shape index (κ2) is 11.6. The van der Waals surface area contributed by atoms with Gasteiger partial charge in [-0.05, 0) is 59.5 Å². The Morgan fingerprint density at radius 1 is 1.05 bits per heavy atom. The molecule has 1 saturated heterocycles. The van der Waals surface area contributed by atoms with Crippen LogP contribution in [0.15, 0.2) is 103 Å². The van der Waals surface area contributed by atoms with E-state index in [0.29, 0.717) is 53.8 Å². The normalized spacial score (nSPS) is 19.5. The molecule has 2 atom stereocenters. The molecule has 2 N–H and O–H groups in total. The number of Topliss-reactive ketones (excluding diaryl/α,β-unsaturated/α-hetero) is 1. The molecule has 0 spiro atoms. The SMILES string of the molecule is COc1ccc(C(=O)Nc2ccc(C(=O)C3CC=CC4=CNC=C5COCCN5C43)c(Cl)c2)c(-c2ccccc2)c1. The molecule has 7 nitrogen and oxygen atoms in total. The van der Waals surface area contributed by atoms with Crippen molar-refractivity contribution >= 4 is 29.0 Å². The van der Waals surface area contributed by atoms with Crippen LogP contribution in [0.2, 0.25) is 5.02 Å². The molecular formula is C33H30ClN3O4. The zero-order valence-electron chi connectivity index (χ0n) is 22.6. The zero-order valence-corrected chi connectivity index (χ0v) is 23.4. The minimum Gasteiger partial charge on any atom is -0.497 e. The Labute approximate surface area is 244 Å². The van der Waals surface area contributed by atoms with Crippen molar-refractivity contribution in [1.82, 2.24) is 10.2 Å². The summed E-state index contributed by atoms with van der Waals surface area (Å²) in [5.74, 6) is 0.0400. The molecule has 208 valence electrons. The number of hydrogen-bond acceptors (Lipinski definition) is 6. The number of benzene rings is 3. The number of fused-ring (bicyclic) bond motifs is 3. The van der Waals surface area contributed by atoms with Crippen LogP contribution < -0.4 is 15.4 Å². The van der Waals surface area contributed by atoms with Gasteiger partial charge >= 0.3 is 0 Å². The molecule has 1 fully saturated rings. The zero-order chi connectivity index (χ0) is 28.3. The standard InChI is InChI=1S/C33H30ClN3O4/c1-40-25-11-13-26(29(17-25)21-6-3-2-4-7-21)33(39)36-23-10-12-27(30(34)16-23)32(38)28-9-5-8-22-18-35-19-24-20-41-15-14-37(24)31(22)28/h2-8,10-13,16-19,28,31,35H,9,14-15,20H2,1H3,(H,36,39). The van der Waals surface area contributed by atoms with E-state index in [2.05, 4.69) is 21.6 Å². The predicted octanol–water partition coefficient (Wildman–Crippen LogP) is 6.06. The number of rotatable bonds is 6. The number of nitrogens with zero attached hydrogens (tertiary/aromatic N) is 1. The van der Waals surface area contributed by atoms with E-state index >= 15 is 0 Å². The Hall–Kier alpha value is -4.33. The fourth-order valence-corrected chi connectivity index (χ4v) is 6.00. The van der Waals surface area contributed by atoms with E-state index in [4.69, 9.17) is 21.1 Å². The van der Waals surface area contributed by atoms with E-state index in [1.54, 1.807) is 37.4 Å². The van der Waals surface area contributed by atoms with Crippen molar-refractivity contribution in [3.63, 3.8) is 0 Å². The van der Waals surface area contributed by atoms with Gasteiger partial charge in [0.05, 0.1) is 43.0 Å². The number of hydrogen-bond donors (Lipinski definition) is 2. The second-order valence-electron chi connectivity index (χ2n) is 10.2. The molecule has 2 unspecified atom stereocenters. The van der Waals surface area contributed by atoms with Gasteiger partial charge in [-0.25, -0.2) is 0 Å². The first-order chi connectivity index (χ1) is 20.0. The van der Waals surface area contributed by atoms with Crippen molar-refractivity contribution < 1.29 is 19.1 Å². The number of ether oxygens (including phenoxy) is 2. The number of nitrogens with one attached hydrogen (secondary N) is 2. The van der Waals surface area contributed by atoms with E-state index in [1.807, 2.05) is 54.9 Å². The number of carbonyl (C=O) groups excluding carboxylic acids is 2. The lowest BCUT2D eigenvalue weighted by Gasteiger charge is -2.42. The number of anilines is 1. The quantitative estimate of drug-likeness (QED) is 0.353. The summed E-state index contributed by atoms with van der Waals surface area (Å²) >= 11 is 6.71. The molecule has 6 rings (SSSR count). The van der Waals surface area contributed by atoms with Crippen LogP contribution in [0.5, 0.6) is 5.75 Å². The number of ketones is 1. The highest BCUT2D eigenvalue weighted by atomic mass is 35.5. The van der Waals surface area contributed by atoms with Crippen LogP contribution in [0.3, 0.4) is 0 Å². The van der Waals surface area contributed by atoms with E-state index in [-0.39, 0.29) is 23.7 Å². The van der Waals surface area contributed by atoms with E-state index < -0.39 is 0 Å². The van der Waals surface area contributed by atoms with Gasteiger partial charge in [0, 0.05) is 35.8 Å². The number of halogens is 1. The molecule has 3 aromatic rings. The van der Waals surface area contributed by atoms with Gasteiger partial charge in [0.2, 0.25) is 0 Å². The molecular weight excluding hydrogens is 538 g/mol. The van der Waals surface area contributed by atoms with Crippen LogP contribution in [0.1, 0.15) is 27.1 Å². The highest BCUT2D eigenvalue weighted by Crippen LogP contribution is 2.36. The Bertz CT molecular complexity index is 1580. The summed E-state index contributed by atoms with van der Waals surface area (Å²) in [6.07, 6.45) is 8.63.